The lowest BCUT2D eigenvalue weighted by Gasteiger charge is -2.10. The van der Waals surface area contributed by atoms with Crippen molar-refractivity contribution in [1.82, 2.24) is 0 Å². The lowest BCUT2D eigenvalue weighted by Crippen LogP contribution is -2.13. The molecule has 2 N–H and O–H groups in total. The van der Waals surface area contributed by atoms with Crippen LogP contribution in [0, 0.1) is 0 Å². The number of aliphatic hydroxyl groups excluding tert-OH is 1. The molecule has 0 aromatic heterocycles. The second-order valence-corrected chi connectivity index (χ2v) is 6.53. The molecule has 0 saturated heterocycles. The van der Waals surface area contributed by atoms with E-state index < -0.39 is 10.0 Å². The van der Waals surface area contributed by atoms with Crippen LogP contribution in [-0.4, -0.2) is 13.5 Å². The molecular formula is C13H11Cl2NO3S. The molecule has 0 heterocycles. The summed E-state index contributed by atoms with van der Waals surface area (Å²) in [7, 11) is -3.83. The number of halogens is 2. The van der Waals surface area contributed by atoms with E-state index >= 15 is 0 Å². The molecule has 0 atom stereocenters. The lowest BCUT2D eigenvalue weighted by atomic mass is 10.2. The van der Waals surface area contributed by atoms with Crippen molar-refractivity contribution >= 4 is 38.9 Å². The number of rotatable bonds is 4. The molecular weight excluding hydrogens is 321 g/mol. The van der Waals surface area contributed by atoms with E-state index in [0.29, 0.717) is 16.3 Å². The molecule has 0 bridgehead atoms. The van der Waals surface area contributed by atoms with Gasteiger partial charge in [-0.15, -0.1) is 0 Å². The Balaban J connectivity index is 2.37. The van der Waals surface area contributed by atoms with E-state index in [1.807, 2.05) is 0 Å². The highest BCUT2D eigenvalue weighted by molar-refractivity contribution is 7.92. The highest BCUT2D eigenvalue weighted by Gasteiger charge is 2.18. The Kier molecular flexibility index (Phi) is 4.55. The zero-order valence-corrected chi connectivity index (χ0v) is 12.5. The number of benzene rings is 2. The molecule has 0 radical (unpaired) electrons. The van der Waals surface area contributed by atoms with Gasteiger partial charge in [-0.05, 0) is 42.0 Å². The van der Waals surface area contributed by atoms with Crippen LogP contribution in [0.25, 0.3) is 0 Å². The first kappa shape index (κ1) is 15.1. The van der Waals surface area contributed by atoms with Gasteiger partial charge in [-0.2, -0.15) is 0 Å². The maximum atomic E-state index is 12.3. The van der Waals surface area contributed by atoms with E-state index in [9.17, 15) is 8.42 Å². The highest BCUT2D eigenvalue weighted by Crippen LogP contribution is 2.25. The zero-order chi connectivity index (χ0) is 14.8. The van der Waals surface area contributed by atoms with Crippen molar-refractivity contribution in [3.05, 3.63) is 58.1 Å². The fourth-order valence-electron chi connectivity index (χ4n) is 1.58. The average Bonchev–Trinajstić information content (AvgIpc) is 2.41. The minimum atomic E-state index is -3.83. The van der Waals surface area contributed by atoms with Crippen LogP contribution in [0.1, 0.15) is 5.56 Å². The van der Waals surface area contributed by atoms with Gasteiger partial charge in [-0.3, -0.25) is 4.72 Å². The zero-order valence-electron chi connectivity index (χ0n) is 10.2. The van der Waals surface area contributed by atoms with Crippen LogP contribution in [0.4, 0.5) is 5.69 Å². The molecule has 2 aromatic rings. The van der Waals surface area contributed by atoms with Crippen molar-refractivity contribution in [1.29, 1.82) is 0 Å². The van der Waals surface area contributed by atoms with Gasteiger partial charge >= 0.3 is 0 Å². The SMILES string of the molecule is O=S(=O)(Nc1ccc(Cl)cc1)c1cc(CO)ccc1Cl. The number of nitrogens with one attached hydrogen (secondary N) is 1. The number of aliphatic hydroxyl groups is 1. The number of sulfonamides is 1. The monoisotopic (exact) mass is 331 g/mol. The van der Waals surface area contributed by atoms with Crippen LogP contribution >= 0.6 is 23.2 Å². The quantitative estimate of drug-likeness (QED) is 0.903. The van der Waals surface area contributed by atoms with Gasteiger partial charge in [0.15, 0.2) is 0 Å². The molecule has 2 rings (SSSR count). The Hall–Kier alpha value is -1.27. The van der Waals surface area contributed by atoms with E-state index in [4.69, 9.17) is 28.3 Å². The Labute approximate surface area is 127 Å². The number of hydrogen-bond acceptors (Lipinski definition) is 3. The van der Waals surface area contributed by atoms with Crippen molar-refractivity contribution in [2.75, 3.05) is 4.72 Å². The van der Waals surface area contributed by atoms with Gasteiger partial charge in [0.2, 0.25) is 0 Å². The van der Waals surface area contributed by atoms with E-state index in [-0.39, 0.29) is 16.5 Å². The van der Waals surface area contributed by atoms with Gasteiger partial charge in [-0.1, -0.05) is 29.3 Å². The first-order valence-corrected chi connectivity index (χ1v) is 7.84. The van der Waals surface area contributed by atoms with Gasteiger partial charge in [0.1, 0.15) is 4.90 Å². The summed E-state index contributed by atoms with van der Waals surface area (Å²) in [5, 5.41) is 9.66. The molecule has 4 nitrogen and oxygen atoms in total. The summed E-state index contributed by atoms with van der Waals surface area (Å²) in [5.41, 5.74) is 0.839. The van der Waals surface area contributed by atoms with E-state index in [1.54, 1.807) is 30.3 Å². The van der Waals surface area contributed by atoms with Gasteiger partial charge in [0.05, 0.1) is 11.6 Å². The summed E-state index contributed by atoms with van der Waals surface area (Å²) in [6, 6.07) is 10.6. The first-order valence-electron chi connectivity index (χ1n) is 5.60. The predicted molar refractivity (Wildman–Crippen MR) is 79.6 cm³/mol. The van der Waals surface area contributed by atoms with Crippen molar-refractivity contribution in [2.24, 2.45) is 0 Å². The normalized spacial score (nSPS) is 11.3. The number of anilines is 1. The van der Waals surface area contributed by atoms with Crippen LogP contribution in [0.2, 0.25) is 10.0 Å². The largest absolute Gasteiger partial charge is 0.392 e. The van der Waals surface area contributed by atoms with Crippen LogP contribution in [-0.2, 0) is 16.6 Å². The van der Waals surface area contributed by atoms with Crippen molar-refractivity contribution < 1.29 is 13.5 Å². The van der Waals surface area contributed by atoms with Crippen molar-refractivity contribution in [3.63, 3.8) is 0 Å². The fourth-order valence-corrected chi connectivity index (χ4v) is 3.32. The molecule has 7 heteroatoms. The predicted octanol–water partition coefficient (Wildman–Crippen LogP) is 3.29. The van der Waals surface area contributed by atoms with Crippen LogP contribution in [0.5, 0.6) is 0 Å². The number of hydrogen-bond donors (Lipinski definition) is 2. The van der Waals surface area contributed by atoms with Crippen molar-refractivity contribution in [3.8, 4) is 0 Å². The second-order valence-electron chi connectivity index (χ2n) is 4.04. The molecule has 20 heavy (non-hydrogen) atoms. The molecule has 0 amide bonds. The Bertz CT molecular complexity index is 715. The smallest absolute Gasteiger partial charge is 0.263 e. The topological polar surface area (TPSA) is 66.4 Å². The summed E-state index contributed by atoms with van der Waals surface area (Å²) in [6.45, 7) is -0.263. The van der Waals surface area contributed by atoms with Crippen LogP contribution in [0.15, 0.2) is 47.4 Å². The van der Waals surface area contributed by atoms with E-state index in [0.717, 1.165) is 0 Å². The Morgan fingerprint density at radius 3 is 2.30 bits per heavy atom. The maximum Gasteiger partial charge on any atom is 0.263 e. The third kappa shape index (κ3) is 3.43. The summed E-state index contributed by atoms with van der Waals surface area (Å²) in [5.74, 6) is 0. The fraction of sp³-hybridized carbons (Fsp3) is 0.0769. The van der Waals surface area contributed by atoms with Gasteiger partial charge in [-0.25, -0.2) is 8.42 Å². The molecule has 0 saturated carbocycles. The summed E-state index contributed by atoms with van der Waals surface area (Å²) < 4.78 is 26.9. The van der Waals surface area contributed by atoms with Gasteiger partial charge < -0.3 is 5.11 Å². The Morgan fingerprint density at radius 2 is 1.70 bits per heavy atom. The summed E-state index contributed by atoms with van der Waals surface area (Å²) in [6.07, 6.45) is 0. The Morgan fingerprint density at radius 1 is 1.05 bits per heavy atom. The van der Waals surface area contributed by atoms with Gasteiger partial charge in [0.25, 0.3) is 10.0 Å². The lowest BCUT2D eigenvalue weighted by molar-refractivity contribution is 0.281. The van der Waals surface area contributed by atoms with Crippen LogP contribution in [0.3, 0.4) is 0 Å². The molecule has 0 aliphatic carbocycles. The van der Waals surface area contributed by atoms with Crippen LogP contribution < -0.4 is 4.72 Å². The molecule has 0 aliphatic rings. The molecule has 106 valence electrons. The highest BCUT2D eigenvalue weighted by atomic mass is 35.5. The minimum absolute atomic E-state index is 0.0827. The summed E-state index contributed by atoms with van der Waals surface area (Å²) >= 11 is 11.6. The maximum absolute atomic E-state index is 12.3. The van der Waals surface area contributed by atoms with E-state index in [1.165, 1.54) is 12.1 Å². The minimum Gasteiger partial charge on any atom is -0.392 e. The van der Waals surface area contributed by atoms with Crippen molar-refractivity contribution in [2.45, 2.75) is 11.5 Å². The molecule has 0 unspecified atom stereocenters. The van der Waals surface area contributed by atoms with E-state index in [2.05, 4.69) is 4.72 Å². The standard InChI is InChI=1S/C13H11Cl2NO3S/c14-10-2-4-11(5-3-10)16-20(18,19)13-7-9(8-17)1-6-12(13)15/h1-7,16-17H,8H2. The second kappa shape index (κ2) is 6.01. The third-order valence-electron chi connectivity index (χ3n) is 2.56. The summed E-state index contributed by atoms with van der Waals surface area (Å²) in [4.78, 5) is -0.0827. The first-order chi connectivity index (χ1) is 9.42. The average molecular weight is 332 g/mol. The molecule has 0 fully saturated rings. The molecule has 0 aliphatic heterocycles. The molecule has 0 spiro atoms. The molecule has 2 aromatic carbocycles. The van der Waals surface area contributed by atoms with Gasteiger partial charge in [0, 0.05) is 10.7 Å². The third-order valence-corrected chi connectivity index (χ3v) is 4.68.